The van der Waals surface area contributed by atoms with Gasteiger partial charge in [-0.3, -0.25) is 5.10 Å². The Bertz CT molecular complexity index is 678. The van der Waals surface area contributed by atoms with Crippen LogP contribution < -0.4 is 5.73 Å². The zero-order valence-corrected chi connectivity index (χ0v) is 9.44. The van der Waals surface area contributed by atoms with E-state index in [0.29, 0.717) is 16.2 Å². The maximum absolute atomic E-state index is 6.09. The molecule has 3 rings (SSSR count). The topological polar surface area (TPSA) is 80.5 Å². The number of H-pyrrole nitrogens is 1. The van der Waals surface area contributed by atoms with Crippen molar-refractivity contribution in [3.05, 3.63) is 35.5 Å². The molecule has 0 saturated carbocycles. The number of anilines is 1. The first kappa shape index (κ1) is 10.0. The van der Waals surface area contributed by atoms with Crippen LogP contribution in [-0.4, -0.2) is 20.2 Å². The quantitative estimate of drug-likeness (QED) is 0.689. The van der Waals surface area contributed by atoms with Crippen molar-refractivity contribution in [3.63, 3.8) is 0 Å². The van der Waals surface area contributed by atoms with E-state index in [2.05, 4.69) is 20.2 Å². The normalized spacial score (nSPS) is 10.9. The van der Waals surface area contributed by atoms with Gasteiger partial charge in [-0.1, -0.05) is 23.7 Å². The van der Waals surface area contributed by atoms with Gasteiger partial charge in [0.2, 0.25) is 5.95 Å². The van der Waals surface area contributed by atoms with Crippen LogP contribution in [0.25, 0.3) is 22.3 Å². The molecule has 1 aromatic carbocycles. The van der Waals surface area contributed by atoms with Gasteiger partial charge in [-0.2, -0.15) is 5.10 Å². The second-order valence-electron chi connectivity index (χ2n) is 3.54. The first-order valence-electron chi connectivity index (χ1n) is 4.97. The van der Waals surface area contributed by atoms with Gasteiger partial charge in [0.1, 0.15) is 5.69 Å². The number of aromatic nitrogens is 4. The summed E-state index contributed by atoms with van der Waals surface area (Å²) >= 11 is 6.09. The van der Waals surface area contributed by atoms with Crippen LogP contribution in [-0.2, 0) is 0 Å². The molecule has 0 saturated heterocycles. The Balaban J connectivity index is 2.42. The number of nitrogen functional groups attached to an aromatic ring is 1. The van der Waals surface area contributed by atoms with Gasteiger partial charge in [-0.05, 0) is 12.1 Å². The number of hydrogen-bond donors (Lipinski definition) is 2. The maximum Gasteiger partial charge on any atom is 0.221 e. The van der Waals surface area contributed by atoms with E-state index in [1.54, 1.807) is 12.3 Å². The van der Waals surface area contributed by atoms with Crippen molar-refractivity contribution >= 4 is 28.5 Å². The average molecular weight is 246 g/mol. The fourth-order valence-corrected chi connectivity index (χ4v) is 1.94. The van der Waals surface area contributed by atoms with Crippen molar-refractivity contribution in [2.75, 3.05) is 5.73 Å². The largest absolute Gasteiger partial charge is 0.368 e. The van der Waals surface area contributed by atoms with Crippen LogP contribution in [0.2, 0.25) is 5.02 Å². The van der Waals surface area contributed by atoms with E-state index < -0.39 is 0 Å². The van der Waals surface area contributed by atoms with E-state index in [-0.39, 0.29) is 5.95 Å². The number of nitrogens with two attached hydrogens (primary N) is 1. The summed E-state index contributed by atoms with van der Waals surface area (Å²) in [6, 6.07) is 7.34. The average Bonchev–Trinajstić information content (AvgIpc) is 2.83. The van der Waals surface area contributed by atoms with Gasteiger partial charge in [0.05, 0.1) is 16.2 Å². The summed E-state index contributed by atoms with van der Waals surface area (Å²) in [5.74, 6) is 0.190. The Labute approximate surface area is 102 Å². The highest BCUT2D eigenvalue weighted by Crippen LogP contribution is 2.29. The van der Waals surface area contributed by atoms with E-state index in [4.69, 9.17) is 17.3 Å². The van der Waals surface area contributed by atoms with Crippen LogP contribution in [0.15, 0.2) is 30.5 Å². The number of para-hydroxylation sites is 1. The van der Waals surface area contributed by atoms with E-state index in [1.807, 2.05) is 18.2 Å². The lowest BCUT2D eigenvalue weighted by atomic mass is 10.1. The van der Waals surface area contributed by atoms with E-state index in [9.17, 15) is 0 Å². The summed E-state index contributed by atoms with van der Waals surface area (Å²) in [5.41, 5.74) is 7.81. The molecule has 0 amide bonds. The molecular weight excluding hydrogens is 238 g/mol. The molecule has 0 unspecified atom stereocenters. The molecule has 84 valence electrons. The highest BCUT2D eigenvalue weighted by molar-refractivity contribution is 6.35. The molecule has 0 atom stereocenters. The van der Waals surface area contributed by atoms with Crippen molar-refractivity contribution in [3.8, 4) is 11.4 Å². The number of nitrogens with one attached hydrogen (secondary N) is 1. The van der Waals surface area contributed by atoms with Crippen LogP contribution >= 0.6 is 11.6 Å². The van der Waals surface area contributed by atoms with Gasteiger partial charge in [-0.25, -0.2) is 9.97 Å². The zero-order valence-electron chi connectivity index (χ0n) is 8.68. The number of aromatic amines is 1. The van der Waals surface area contributed by atoms with Crippen molar-refractivity contribution < 1.29 is 0 Å². The molecule has 0 fully saturated rings. The van der Waals surface area contributed by atoms with Crippen molar-refractivity contribution in [1.29, 1.82) is 0 Å². The molecule has 0 aliphatic heterocycles. The van der Waals surface area contributed by atoms with E-state index in [1.165, 1.54) is 0 Å². The minimum Gasteiger partial charge on any atom is -0.368 e. The zero-order chi connectivity index (χ0) is 11.8. The Morgan fingerprint density at radius 1 is 1.18 bits per heavy atom. The minimum absolute atomic E-state index is 0.190. The Kier molecular flexibility index (Phi) is 2.19. The smallest absolute Gasteiger partial charge is 0.221 e. The molecule has 0 radical (unpaired) electrons. The first-order chi connectivity index (χ1) is 8.25. The monoisotopic (exact) mass is 245 g/mol. The second-order valence-corrected chi connectivity index (χ2v) is 3.94. The third-order valence-corrected chi connectivity index (χ3v) is 2.76. The van der Waals surface area contributed by atoms with Crippen molar-refractivity contribution in [2.24, 2.45) is 0 Å². The second kappa shape index (κ2) is 3.71. The molecule has 5 nitrogen and oxygen atoms in total. The van der Waals surface area contributed by atoms with Gasteiger partial charge in [0.15, 0.2) is 0 Å². The van der Waals surface area contributed by atoms with E-state index >= 15 is 0 Å². The molecular formula is C11H8ClN5. The fourth-order valence-electron chi connectivity index (χ4n) is 1.73. The molecule has 3 N–H and O–H groups in total. The van der Waals surface area contributed by atoms with Gasteiger partial charge >= 0.3 is 0 Å². The molecule has 0 aliphatic rings. The van der Waals surface area contributed by atoms with Crippen LogP contribution in [0.5, 0.6) is 0 Å². The molecule has 0 aliphatic carbocycles. The lowest BCUT2D eigenvalue weighted by Gasteiger charge is -2.05. The molecule has 2 heterocycles. The lowest BCUT2D eigenvalue weighted by Crippen LogP contribution is -1.98. The molecule has 2 aromatic heterocycles. The predicted molar refractivity (Wildman–Crippen MR) is 66.5 cm³/mol. The number of rotatable bonds is 1. The van der Waals surface area contributed by atoms with Crippen molar-refractivity contribution in [2.45, 2.75) is 0 Å². The van der Waals surface area contributed by atoms with Crippen LogP contribution in [0.3, 0.4) is 0 Å². The third-order valence-electron chi connectivity index (χ3n) is 2.45. The Morgan fingerprint density at radius 3 is 2.82 bits per heavy atom. The Hall–Kier alpha value is -2.14. The predicted octanol–water partition coefficient (Wildman–Crippen LogP) is 2.26. The highest BCUT2D eigenvalue weighted by Gasteiger charge is 2.11. The maximum atomic E-state index is 6.09. The van der Waals surface area contributed by atoms with Gasteiger partial charge in [-0.15, -0.1) is 0 Å². The SMILES string of the molecule is Nc1nc(-c2ccn[nH]2)c2cccc(Cl)c2n1. The summed E-state index contributed by atoms with van der Waals surface area (Å²) in [7, 11) is 0. The summed E-state index contributed by atoms with van der Waals surface area (Å²) < 4.78 is 0. The summed E-state index contributed by atoms with van der Waals surface area (Å²) in [5, 5.41) is 8.15. The number of benzene rings is 1. The van der Waals surface area contributed by atoms with Gasteiger partial charge in [0, 0.05) is 11.6 Å². The molecule has 6 heteroatoms. The number of fused-ring (bicyclic) bond motifs is 1. The highest BCUT2D eigenvalue weighted by atomic mass is 35.5. The first-order valence-corrected chi connectivity index (χ1v) is 5.35. The number of nitrogens with zero attached hydrogens (tertiary/aromatic N) is 3. The summed E-state index contributed by atoms with van der Waals surface area (Å²) in [4.78, 5) is 8.37. The standard InChI is InChI=1S/C11H8ClN5/c12-7-3-1-2-6-9(7)15-11(13)16-10(6)8-4-5-14-17-8/h1-5H,(H,14,17)(H2,13,15,16). The van der Waals surface area contributed by atoms with E-state index in [0.717, 1.165) is 11.1 Å². The summed E-state index contributed by atoms with van der Waals surface area (Å²) in [6.45, 7) is 0. The molecule has 0 bridgehead atoms. The lowest BCUT2D eigenvalue weighted by molar-refractivity contribution is 1.09. The number of hydrogen-bond acceptors (Lipinski definition) is 4. The molecule has 17 heavy (non-hydrogen) atoms. The Morgan fingerprint density at radius 2 is 2.06 bits per heavy atom. The van der Waals surface area contributed by atoms with Gasteiger partial charge < -0.3 is 5.73 Å². The minimum atomic E-state index is 0.190. The fraction of sp³-hybridized carbons (Fsp3) is 0. The summed E-state index contributed by atoms with van der Waals surface area (Å²) in [6.07, 6.45) is 1.66. The molecule has 3 aromatic rings. The molecule has 0 spiro atoms. The van der Waals surface area contributed by atoms with Crippen LogP contribution in [0.1, 0.15) is 0 Å². The van der Waals surface area contributed by atoms with Crippen LogP contribution in [0.4, 0.5) is 5.95 Å². The number of halogens is 1. The third kappa shape index (κ3) is 1.60. The van der Waals surface area contributed by atoms with Crippen molar-refractivity contribution in [1.82, 2.24) is 20.2 Å². The van der Waals surface area contributed by atoms with Crippen LogP contribution in [0, 0.1) is 0 Å². The van der Waals surface area contributed by atoms with Gasteiger partial charge in [0.25, 0.3) is 0 Å².